The molecule has 1 heterocycles. The Bertz CT molecular complexity index is 1020. The number of hydrazine groups is 1. The number of nitrogens with zero attached hydrogens (tertiary/aromatic N) is 2. The number of anilines is 3. The standard InChI is InChI=1S/C20H20Cl2N6O2/c1-12(13-5-3-2-4-6-13)26-19-18(23)20(25-11-24-19)28-27-17(29)10-30-16-8-7-14(21)9-15(16)22/h2-9,11-12H,10,23H2,1H3,(H,27,29)(H2,24,25,26,28). The van der Waals surface area contributed by atoms with Crippen LogP contribution in [0.1, 0.15) is 18.5 Å². The number of amides is 1. The number of rotatable bonds is 8. The molecule has 8 nitrogen and oxygen atoms in total. The lowest BCUT2D eigenvalue weighted by Crippen LogP contribution is -2.34. The molecule has 3 aromatic rings. The minimum absolute atomic E-state index is 0.0247. The van der Waals surface area contributed by atoms with Gasteiger partial charge in [-0.1, -0.05) is 53.5 Å². The molecular weight excluding hydrogens is 427 g/mol. The van der Waals surface area contributed by atoms with Crippen LogP contribution in [-0.4, -0.2) is 22.5 Å². The molecule has 5 N–H and O–H groups in total. The maximum Gasteiger partial charge on any atom is 0.276 e. The molecule has 0 aliphatic carbocycles. The molecule has 0 aliphatic heterocycles. The predicted octanol–water partition coefficient (Wildman–Crippen LogP) is 4.06. The molecule has 0 spiro atoms. The van der Waals surface area contributed by atoms with Crippen molar-refractivity contribution in [3.05, 3.63) is 70.5 Å². The SMILES string of the molecule is CC(Nc1ncnc(NNC(=O)COc2ccc(Cl)cc2Cl)c1N)c1ccccc1. The molecule has 0 saturated heterocycles. The molecule has 0 aliphatic rings. The number of nitrogens with two attached hydrogens (primary N) is 1. The van der Waals surface area contributed by atoms with Crippen molar-refractivity contribution in [3.63, 3.8) is 0 Å². The summed E-state index contributed by atoms with van der Waals surface area (Å²) in [5.41, 5.74) is 12.6. The minimum Gasteiger partial charge on any atom is -0.482 e. The van der Waals surface area contributed by atoms with Gasteiger partial charge in [0.1, 0.15) is 17.8 Å². The van der Waals surface area contributed by atoms with Crippen LogP contribution in [0.25, 0.3) is 0 Å². The van der Waals surface area contributed by atoms with E-state index >= 15 is 0 Å². The number of ether oxygens (including phenoxy) is 1. The maximum atomic E-state index is 12.1. The van der Waals surface area contributed by atoms with E-state index in [2.05, 4.69) is 26.1 Å². The van der Waals surface area contributed by atoms with Crippen LogP contribution in [-0.2, 0) is 4.79 Å². The molecule has 0 fully saturated rings. The third-order valence-electron chi connectivity index (χ3n) is 4.11. The van der Waals surface area contributed by atoms with E-state index < -0.39 is 5.91 Å². The fourth-order valence-corrected chi connectivity index (χ4v) is 3.00. The number of hydrogen-bond acceptors (Lipinski definition) is 7. The lowest BCUT2D eigenvalue weighted by molar-refractivity contribution is -0.122. The molecule has 0 radical (unpaired) electrons. The van der Waals surface area contributed by atoms with Crippen LogP contribution in [0, 0.1) is 0 Å². The van der Waals surface area contributed by atoms with E-state index in [4.69, 9.17) is 33.7 Å². The highest BCUT2D eigenvalue weighted by atomic mass is 35.5. The Kier molecular flexibility index (Phi) is 7.16. The molecule has 1 amide bonds. The minimum atomic E-state index is -0.453. The van der Waals surface area contributed by atoms with Crippen molar-refractivity contribution >= 4 is 46.4 Å². The zero-order chi connectivity index (χ0) is 21.5. The quantitative estimate of drug-likeness (QED) is 0.385. The molecule has 10 heteroatoms. The highest BCUT2D eigenvalue weighted by Gasteiger charge is 2.13. The summed E-state index contributed by atoms with van der Waals surface area (Å²) in [5, 5.41) is 4.02. The highest BCUT2D eigenvalue weighted by molar-refractivity contribution is 6.35. The van der Waals surface area contributed by atoms with Crippen LogP contribution < -0.4 is 26.6 Å². The van der Waals surface area contributed by atoms with Crippen molar-refractivity contribution in [1.29, 1.82) is 0 Å². The van der Waals surface area contributed by atoms with E-state index in [0.717, 1.165) is 5.56 Å². The first-order valence-corrected chi connectivity index (χ1v) is 9.74. The topological polar surface area (TPSA) is 114 Å². The van der Waals surface area contributed by atoms with Crippen LogP contribution in [0.2, 0.25) is 10.0 Å². The average molecular weight is 447 g/mol. The molecule has 1 aromatic heterocycles. The Morgan fingerprint density at radius 2 is 1.87 bits per heavy atom. The number of benzene rings is 2. The third kappa shape index (κ3) is 5.65. The molecule has 0 saturated carbocycles. The van der Waals surface area contributed by atoms with E-state index in [1.165, 1.54) is 12.4 Å². The molecule has 2 aromatic carbocycles. The van der Waals surface area contributed by atoms with Gasteiger partial charge in [-0.25, -0.2) is 9.97 Å². The monoisotopic (exact) mass is 446 g/mol. The van der Waals surface area contributed by atoms with E-state index in [1.54, 1.807) is 12.1 Å². The first-order chi connectivity index (χ1) is 14.4. The number of hydrogen-bond donors (Lipinski definition) is 4. The van der Waals surface area contributed by atoms with Gasteiger partial charge >= 0.3 is 0 Å². The van der Waals surface area contributed by atoms with Crippen LogP contribution in [0.15, 0.2) is 54.9 Å². The smallest absolute Gasteiger partial charge is 0.276 e. The van der Waals surface area contributed by atoms with Gasteiger partial charge in [-0.3, -0.25) is 15.6 Å². The van der Waals surface area contributed by atoms with Gasteiger partial charge in [0.05, 0.1) is 11.1 Å². The van der Waals surface area contributed by atoms with Crippen LogP contribution >= 0.6 is 23.2 Å². The average Bonchev–Trinajstić information content (AvgIpc) is 2.74. The van der Waals surface area contributed by atoms with Gasteiger partial charge in [-0.15, -0.1) is 0 Å². The molecule has 0 bridgehead atoms. The van der Waals surface area contributed by atoms with Crippen molar-refractivity contribution in [2.24, 2.45) is 0 Å². The lowest BCUT2D eigenvalue weighted by Gasteiger charge is -2.18. The van der Waals surface area contributed by atoms with Gasteiger partial charge < -0.3 is 15.8 Å². The fourth-order valence-electron chi connectivity index (χ4n) is 2.54. The number of nitrogens with one attached hydrogen (secondary N) is 3. The Hall–Kier alpha value is -3.23. The summed E-state index contributed by atoms with van der Waals surface area (Å²) in [5.74, 6) is 0.596. The summed E-state index contributed by atoms with van der Waals surface area (Å²) in [4.78, 5) is 20.3. The van der Waals surface area contributed by atoms with Gasteiger partial charge in [-0.2, -0.15) is 0 Å². The van der Waals surface area contributed by atoms with Gasteiger partial charge in [-0.05, 0) is 30.7 Å². The molecule has 1 unspecified atom stereocenters. The van der Waals surface area contributed by atoms with Crippen LogP contribution in [0.5, 0.6) is 5.75 Å². The van der Waals surface area contributed by atoms with E-state index in [-0.39, 0.29) is 24.2 Å². The van der Waals surface area contributed by atoms with Gasteiger partial charge in [0.2, 0.25) is 0 Å². The number of carbonyl (C=O) groups excluding carboxylic acids is 1. The summed E-state index contributed by atoms with van der Waals surface area (Å²) < 4.78 is 5.38. The van der Waals surface area contributed by atoms with Gasteiger partial charge in [0.25, 0.3) is 5.91 Å². The van der Waals surface area contributed by atoms with E-state index in [1.807, 2.05) is 37.3 Å². The summed E-state index contributed by atoms with van der Waals surface area (Å²) >= 11 is 11.8. The zero-order valence-corrected chi connectivity index (χ0v) is 17.5. The zero-order valence-electron chi connectivity index (χ0n) is 16.0. The second-order valence-electron chi connectivity index (χ2n) is 6.30. The van der Waals surface area contributed by atoms with Gasteiger partial charge in [0.15, 0.2) is 18.2 Å². The Balaban J connectivity index is 1.56. The summed E-state index contributed by atoms with van der Waals surface area (Å²) in [6, 6.07) is 14.6. The molecule has 156 valence electrons. The van der Waals surface area contributed by atoms with Crippen molar-refractivity contribution in [2.45, 2.75) is 13.0 Å². The van der Waals surface area contributed by atoms with Crippen LogP contribution in [0.3, 0.4) is 0 Å². The Labute approximate surface area is 183 Å². The highest BCUT2D eigenvalue weighted by Crippen LogP contribution is 2.28. The maximum absolute atomic E-state index is 12.1. The van der Waals surface area contributed by atoms with Crippen molar-refractivity contribution in [2.75, 3.05) is 23.1 Å². The third-order valence-corrected chi connectivity index (χ3v) is 4.64. The van der Waals surface area contributed by atoms with Crippen molar-refractivity contribution in [3.8, 4) is 5.75 Å². The summed E-state index contributed by atoms with van der Waals surface area (Å²) in [7, 11) is 0. The van der Waals surface area contributed by atoms with Crippen LogP contribution in [0.4, 0.5) is 17.3 Å². The van der Waals surface area contributed by atoms with Crippen molar-refractivity contribution < 1.29 is 9.53 Å². The first-order valence-electron chi connectivity index (χ1n) is 8.98. The molecule has 3 rings (SSSR count). The predicted molar refractivity (Wildman–Crippen MR) is 119 cm³/mol. The number of aromatic nitrogens is 2. The fraction of sp³-hybridized carbons (Fsp3) is 0.150. The Morgan fingerprint density at radius 1 is 1.13 bits per heavy atom. The van der Waals surface area contributed by atoms with Crippen molar-refractivity contribution in [1.82, 2.24) is 15.4 Å². The molecule has 1 atom stereocenters. The number of carbonyl (C=O) groups is 1. The van der Waals surface area contributed by atoms with Gasteiger partial charge in [0, 0.05) is 5.02 Å². The second kappa shape index (κ2) is 10.00. The second-order valence-corrected chi connectivity index (χ2v) is 7.14. The first kappa shape index (κ1) is 21.5. The number of halogens is 2. The Morgan fingerprint density at radius 3 is 2.60 bits per heavy atom. The molecular formula is C20H20Cl2N6O2. The molecule has 30 heavy (non-hydrogen) atoms. The summed E-state index contributed by atoms with van der Waals surface area (Å²) in [6.07, 6.45) is 1.34. The lowest BCUT2D eigenvalue weighted by atomic mass is 10.1. The van der Waals surface area contributed by atoms with E-state index in [0.29, 0.717) is 21.6 Å². The summed E-state index contributed by atoms with van der Waals surface area (Å²) in [6.45, 7) is 1.72. The normalized spacial score (nSPS) is 11.4. The largest absolute Gasteiger partial charge is 0.482 e. The van der Waals surface area contributed by atoms with E-state index in [9.17, 15) is 4.79 Å². The number of nitrogen functional groups attached to an aromatic ring is 1.